The van der Waals surface area contributed by atoms with Gasteiger partial charge < -0.3 is 8.85 Å². The monoisotopic (exact) mass is 491 g/mol. The van der Waals surface area contributed by atoms with Gasteiger partial charge in [0.25, 0.3) is 11.8 Å². The van der Waals surface area contributed by atoms with Crippen LogP contribution in [0.25, 0.3) is 0 Å². The molecule has 7 heteroatoms. The molecule has 2 rings (SSSR count). The van der Waals surface area contributed by atoms with Crippen molar-refractivity contribution in [2.45, 2.75) is 97.3 Å². The fourth-order valence-corrected chi connectivity index (χ4v) is 5.99. The van der Waals surface area contributed by atoms with Crippen molar-refractivity contribution in [2.75, 3.05) is 13.2 Å². The Labute approximate surface area is 203 Å². The number of carbonyl (C=O) groups is 2. The van der Waals surface area contributed by atoms with E-state index in [1.165, 1.54) is 4.90 Å². The average molecular weight is 492 g/mol. The number of hydrogen-bond acceptors (Lipinski definition) is 4. The molecule has 5 nitrogen and oxygen atoms in total. The van der Waals surface area contributed by atoms with Crippen molar-refractivity contribution in [3.05, 3.63) is 35.4 Å². The summed E-state index contributed by atoms with van der Waals surface area (Å²) in [5.41, 5.74) is 0.996. The third-order valence-electron chi connectivity index (χ3n) is 7.91. The summed E-state index contributed by atoms with van der Waals surface area (Å²) in [5.74, 6) is -0.401. The van der Waals surface area contributed by atoms with E-state index < -0.39 is 16.6 Å². The van der Waals surface area contributed by atoms with Crippen molar-refractivity contribution in [3.8, 4) is 0 Å². The molecule has 0 spiro atoms. The van der Waals surface area contributed by atoms with Gasteiger partial charge in [-0.05, 0) is 60.7 Å². The SMILES string of the molecule is C[C@@H](CN1C(=O)c2ccccc2C1=O)[C@H](CCO[Si](C)(C)C(C)(C)C)O[Si](C)(C)C(C)(C)C. The molecule has 0 bridgehead atoms. The van der Waals surface area contributed by atoms with Gasteiger partial charge in [-0.3, -0.25) is 14.5 Å². The summed E-state index contributed by atoms with van der Waals surface area (Å²) in [5, 5.41) is 0.218. The Balaban J connectivity index is 2.19. The van der Waals surface area contributed by atoms with Crippen molar-refractivity contribution in [1.29, 1.82) is 0 Å². The Bertz CT molecular complexity index is 833. The molecule has 1 aliphatic heterocycles. The highest BCUT2D eigenvalue weighted by Crippen LogP contribution is 2.40. The van der Waals surface area contributed by atoms with Gasteiger partial charge in [0.05, 0.1) is 17.2 Å². The lowest BCUT2D eigenvalue weighted by Gasteiger charge is -2.42. The normalized spacial score (nSPS) is 17.4. The van der Waals surface area contributed by atoms with Crippen molar-refractivity contribution >= 4 is 28.4 Å². The van der Waals surface area contributed by atoms with Crippen molar-refractivity contribution in [1.82, 2.24) is 4.90 Å². The molecule has 1 aromatic rings. The molecule has 0 aliphatic carbocycles. The van der Waals surface area contributed by atoms with Gasteiger partial charge in [0.15, 0.2) is 16.6 Å². The van der Waals surface area contributed by atoms with Crippen LogP contribution in [0.1, 0.15) is 75.6 Å². The molecule has 1 aliphatic rings. The van der Waals surface area contributed by atoms with Crippen molar-refractivity contribution < 1.29 is 18.4 Å². The Hall–Kier alpha value is -1.29. The fourth-order valence-electron chi connectivity index (χ4n) is 3.47. The van der Waals surface area contributed by atoms with E-state index in [9.17, 15) is 9.59 Å². The van der Waals surface area contributed by atoms with Crippen LogP contribution in [0.15, 0.2) is 24.3 Å². The summed E-state index contributed by atoms with van der Waals surface area (Å²) in [6, 6.07) is 7.07. The van der Waals surface area contributed by atoms with Crippen LogP contribution in [0.5, 0.6) is 0 Å². The molecule has 1 heterocycles. The number of carbonyl (C=O) groups excluding carboxylic acids is 2. The number of amides is 2. The first-order chi connectivity index (χ1) is 14.9. The summed E-state index contributed by atoms with van der Waals surface area (Å²) in [6.07, 6.45) is 0.670. The number of rotatable bonds is 9. The highest BCUT2D eigenvalue weighted by molar-refractivity contribution is 6.74. The van der Waals surface area contributed by atoms with Gasteiger partial charge in [0.1, 0.15) is 0 Å². The molecule has 0 N–H and O–H groups in total. The van der Waals surface area contributed by atoms with Crippen LogP contribution in [0.2, 0.25) is 36.3 Å². The zero-order chi connectivity index (χ0) is 25.4. The first-order valence-electron chi connectivity index (χ1n) is 12.2. The number of imide groups is 1. The van der Waals surface area contributed by atoms with E-state index >= 15 is 0 Å². The summed E-state index contributed by atoms with van der Waals surface area (Å²) in [6.45, 7) is 25.5. The minimum absolute atomic E-state index is 0.00403. The maximum atomic E-state index is 12.9. The third-order valence-corrected chi connectivity index (χ3v) is 16.9. The maximum absolute atomic E-state index is 12.9. The lowest BCUT2D eigenvalue weighted by Crippen LogP contribution is -2.48. The largest absolute Gasteiger partial charge is 0.417 e. The maximum Gasteiger partial charge on any atom is 0.261 e. The minimum atomic E-state index is -2.05. The lowest BCUT2D eigenvalue weighted by atomic mass is 10.0. The van der Waals surface area contributed by atoms with Gasteiger partial charge >= 0.3 is 0 Å². The molecular weight excluding hydrogens is 446 g/mol. The van der Waals surface area contributed by atoms with Crippen molar-refractivity contribution in [2.24, 2.45) is 5.92 Å². The smallest absolute Gasteiger partial charge is 0.261 e. The summed E-state index contributed by atoms with van der Waals surface area (Å²) in [7, 11) is -3.91. The second-order valence-electron chi connectivity index (χ2n) is 12.6. The second kappa shape index (κ2) is 9.76. The van der Waals surface area contributed by atoms with Crippen LogP contribution < -0.4 is 0 Å². The fraction of sp³-hybridized carbons (Fsp3) is 0.692. The van der Waals surface area contributed by atoms with Crippen molar-refractivity contribution in [3.63, 3.8) is 0 Å². The van der Waals surface area contributed by atoms with Gasteiger partial charge in [-0.15, -0.1) is 0 Å². The van der Waals surface area contributed by atoms with Gasteiger partial charge in [0, 0.05) is 13.2 Å². The topological polar surface area (TPSA) is 55.8 Å². The van der Waals surface area contributed by atoms with Gasteiger partial charge in [-0.1, -0.05) is 60.6 Å². The van der Waals surface area contributed by atoms with Crippen LogP contribution in [0, 0.1) is 5.92 Å². The van der Waals surface area contributed by atoms with E-state index in [1.54, 1.807) is 24.3 Å². The number of fused-ring (bicyclic) bond motifs is 1. The lowest BCUT2D eigenvalue weighted by molar-refractivity contribution is 0.0516. The number of benzene rings is 1. The molecule has 0 saturated carbocycles. The van der Waals surface area contributed by atoms with E-state index in [0.717, 1.165) is 6.42 Å². The molecule has 0 unspecified atom stereocenters. The number of hydrogen-bond donors (Lipinski definition) is 0. The molecule has 0 aromatic heterocycles. The average Bonchev–Trinajstić information content (AvgIpc) is 2.90. The van der Waals surface area contributed by atoms with Gasteiger partial charge in [-0.2, -0.15) is 0 Å². The quantitative estimate of drug-likeness (QED) is 0.284. The summed E-state index contributed by atoms with van der Waals surface area (Å²) >= 11 is 0. The Morgan fingerprint density at radius 1 is 0.848 bits per heavy atom. The second-order valence-corrected chi connectivity index (χ2v) is 22.1. The predicted octanol–water partition coefficient (Wildman–Crippen LogP) is 6.72. The first-order valence-corrected chi connectivity index (χ1v) is 18.0. The van der Waals surface area contributed by atoms with E-state index in [-0.39, 0.29) is 33.9 Å². The minimum Gasteiger partial charge on any atom is -0.417 e. The molecule has 0 fully saturated rings. The Kier molecular flexibility index (Phi) is 8.27. The standard InChI is InChI=1S/C26H45NO4Si2/c1-19(18-27-23(28)20-14-12-13-15-21(20)24(27)29)22(31-33(10,11)26(5,6)7)16-17-30-32(8,9)25(2,3)4/h12-15,19,22H,16-18H2,1-11H3/t19-,22-/m0/s1. The molecule has 186 valence electrons. The molecule has 2 amide bonds. The molecule has 0 saturated heterocycles. The third kappa shape index (κ3) is 6.24. The zero-order valence-electron chi connectivity index (χ0n) is 22.7. The van der Waals surface area contributed by atoms with E-state index in [0.29, 0.717) is 24.3 Å². The highest BCUT2D eigenvalue weighted by Gasteiger charge is 2.43. The van der Waals surface area contributed by atoms with E-state index in [1.807, 2.05) is 0 Å². The first kappa shape index (κ1) is 28.0. The Morgan fingerprint density at radius 3 is 1.73 bits per heavy atom. The molecule has 0 radical (unpaired) electrons. The zero-order valence-corrected chi connectivity index (χ0v) is 24.7. The number of nitrogens with zero attached hydrogens (tertiary/aromatic N) is 1. The highest BCUT2D eigenvalue weighted by atomic mass is 28.4. The molecule has 1 aromatic carbocycles. The van der Waals surface area contributed by atoms with Gasteiger partial charge in [-0.25, -0.2) is 0 Å². The van der Waals surface area contributed by atoms with Crippen LogP contribution in [-0.4, -0.2) is 52.6 Å². The van der Waals surface area contributed by atoms with Crippen LogP contribution in [0.4, 0.5) is 0 Å². The van der Waals surface area contributed by atoms with E-state index in [4.69, 9.17) is 8.85 Å². The summed E-state index contributed by atoms with van der Waals surface area (Å²) in [4.78, 5) is 27.2. The molecule has 2 atom stereocenters. The van der Waals surface area contributed by atoms with Crippen LogP contribution >= 0.6 is 0 Å². The van der Waals surface area contributed by atoms with Crippen LogP contribution in [0.3, 0.4) is 0 Å². The Morgan fingerprint density at radius 2 is 1.30 bits per heavy atom. The molecule has 33 heavy (non-hydrogen) atoms. The van der Waals surface area contributed by atoms with Crippen LogP contribution in [-0.2, 0) is 8.85 Å². The molecular formula is C26H45NO4Si2. The van der Waals surface area contributed by atoms with E-state index in [2.05, 4.69) is 74.7 Å². The van der Waals surface area contributed by atoms with Gasteiger partial charge in [0.2, 0.25) is 0 Å². The summed E-state index contributed by atoms with van der Waals surface area (Å²) < 4.78 is 13.3. The predicted molar refractivity (Wildman–Crippen MR) is 141 cm³/mol.